The highest BCUT2D eigenvalue weighted by atomic mass is 35.5. The number of benzene rings is 2. The molecule has 0 radical (unpaired) electrons. The quantitative estimate of drug-likeness (QED) is 0.462. The molecule has 96 valence electrons. The summed E-state index contributed by atoms with van der Waals surface area (Å²) in [6, 6.07) is 17.8. The summed E-state index contributed by atoms with van der Waals surface area (Å²) in [5.41, 5.74) is 3.69. The van der Waals surface area contributed by atoms with E-state index in [1.165, 1.54) is 0 Å². The first-order chi connectivity index (χ1) is 9.79. The van der Waals surface area contributed by atoms with Gasteiger partial charge in [0, 0.05) is 16.0 Å². The van der Waals surface area contributed by atoms with E-state index in [0.717, 1.165) is 33.6 Å². The smallest absolute Gasteiger partial charge is 0.152 e. The third kappa shape index (κ3) is 1.43. The average Bonchev–Trinajstić information content (AvgIpc) is 2.80. The summed E-state index contributed by atoms with van der Waals surface area (Å²) in [7, 11) is 0. The van der Waals surface area contributed by atoms with Crippen molar-refractivity contribution in [3.05, 3.63) is 65.2 Å². The number of hydrogen-bond donors (Lipinski definition) is 0. The summed E-state index contributed by atoms with van der Waals surface area (Å²) in [5.74, 6) is 0. The minimum absolute atomic E-state index is 0.640. The normalized spacial score (nSPS) is 11.4. The minimum atomic E-state index is 0.640. The van der Waals surface area contributed by atoms with Gasteiger partial charge in [-0.1, -0.05) is 35.9 Å². The van der Waals surface area contributed by atoms with Crippen LogP contribution in [-0.4, -0.2) is 10.7 Å². The van der Waals surface area contributed by atoms with Crippen LogP contribution in [0.3, 0.4) is 0 Å². The number of para-hydroxylation sites is 1. The molecule has 0 amide bonds. The second-order valence-corrected chi connectivity index (χ2v) is 5.24. The molecule has 4 aromatic rings. The molecule has 0 spiro atoms. The van der Waals surface area contributed by atoms with E-state index in [0.29, 0.717) is 10.6 Å². The van der Waals surface area contributed by atoms with Gasteiger partial charge in [-0.25, -0.2) is 0 Å². The molecule has 20 heavy (non-hydrogen) atoms. The molecule has 0 bridgehead atoms. The molecule has 0 fully saturated rings. The number of pyridine rings is 1. The van der Waals surface area contributed by atoms with Crippen molar-refractivity contribution in [2.24, 2.45) is 0 Å². The Morgan fingerprint density at radius 2 is 1.70 bits per heavy atom. The molecule has 2 heterocycles. The van der Waals surface area contributed by atoms with E-state index in [-0.39, 0.29) is 0 Å². The molecule has 0 atom stereocenters. The van der Waals surface area contributed by atoms with Gasteiger partial charge in [0.1, 0.15) is 0 Å². The molecular formula is C17H10ClNO. The maximum atomic E-state index is 11.5. The zero-order valence-electron chi connectivity index (χ0n) is 10.5. The molecule has 0 saturated carbocycles. The van der Waals surface area contributed by atoms with Crippen molar-refractivity contribution < 1.29 is 4.79 Å². The van der Waals surface area contributed by atoms with Gasteiger partial charge in [-0.15, -0.1) is 0 Å². The van der Waals surface area contributed by atoms with Crippen LogP contribution in [0.4, 0.5) is 0 Å². The zero-order valence-corrected chi connectivity index (χ0v) is 11.3. The number of hydrogen-bond acceptors (Lipinski definition) is 1. The Labute approximate surface area is 120 Å². The van der Waals surface area contributed by atoms with Crippen LogP contribution in [0.15, 0.2) is 54.6 Å². The third-order valence-electron chi connectivity index (χ3n) is 3.72. The first-order valence-corrected chi connectivity index (χ1v) is 6.74. The predicted molar refractivity (Wildman–Crippen MR) is 82.8 cm³/mol. The molecule has 0 aliphatic carbocycles. The Morgan fingerprint density at radius 1 is 0.900 bits per heavy atom. The van der Waals surface area contributed by atoms with E-state index in [1.54, 1.807) is 0 Å². The number of nitrogens with zero attached hydrogens (tertiary/aromatic N) is 1. The average molecular weight is 280 g/mol. The van der Waals surface area contributed by atoms with Crippen molar-refractivity contribution >= 4 is 45.2 Å². The second kappa shape index (κ2) is 4.09. The van der Waals surface area contributed by atoms with Gasteiger partial charge in [0.25, 0.3) is 0 Å². The monoisotopic (exact) mass is 279 g/mol. The van der Waals surface area contributed by atoms with Gasteiger partial charge in [0.2, 0.25) is 0 Å². The highest BCUT2D eigenvalue weighted by Crippen LogP contribution is 2.31. The molecule has 0 N–H and O–H groups in total. The van der Waals surface area contributed by atoms with Crippen molar-refractivity contribution in [3.8, 4) is 0 Å². The van der Waals surface area contributed by atoms with Crippen molar-refractivity contribution in [1.29, 1.82) is 0 Å². The summed E-state index contributed by atoms with van der Waals surface area (Å²) in [4.78, 5) is 11.5. The molecule has 0 aliphatic heterocycles. The molecule has 2 aromatic carbocycles. The Morgan fingerprint density at radius 3 is 2.55 bits per heavy atom. The van der Waals surface area contributed by atoms with Crippen LogP contribution in [0.1, 0.15) is 10.4 Å². The third-order valence-corrected chi connectivity index (χ3v) is 3.96. The van der Waals surface area contributed by atoms with Crippen molar-refractivity contribution in [3.63, 3.8) is 0 Å². The van der Waals surface area contributed by atoms with Gasteiger partial charge in [-0.05, 0) is 35.7 Å². The first-order valence-electron chi connectivity index (χ1n) is 6.36. The summed E-state index contributed by atoms with van der Waals surface area (Å²) >= 11 is 6.07. The SMILES string of the molecule is O=Cc1c2cc(Cl)ccc2n2c1ccc1ccccc12. The van der Waals surface area contributed by atoms with E-state index in [4.69, 9.17) is 11.6 Å². The molecule has 0 saturated heterocycles. The summed E-state index contributed by atoms with van der Waals surface area (Å²) in [6.07, 6.45) is 0.906. The van der Waals surface area contributed by atoms with Crippen molar-refractivity contribution in [2.75, 3.05) is 0 Å². The van der Waals surface area contributed by atoms with Gasteiger partial charge >= 0.3 is 0 Å². The predicted octanol–water partition coefficient (Wildman–Crippen LogP) is 4.71. The lowest BCUT2D eigenvalue weighted by molar-refractivity contribution is 0.112. The van der Waals surface area contributed by atoms with Gasteiger partial charge in [-0.2, -0.15) is 0 Å². The van der Waals surface area contributed by atoms with Crippen LogP contribution >= 0.6 is 11.6 Å². The van der Waals surface area contributed by atoms with Gasteiger partial charge in [-0.3, -0.25) is 4.79 Å². The zero-order chi connectivity index (χ0) is 13.7. The number of rotatable bonds is 1. The maximum absolute atomic E-state index is 11.5. The van der Waals surface area contributed by atoms with E-state index in [1.807, 2.05) is 42.5 Å². The Balaban J connectivity index is 2.37. The highest BCUT2D eigenvalue weighted by molar-refractivity contribution is 6.31. The van der Waals surface area contributed by atoms with Crippen LogP contribution in [0.25, 0.3) is 27.3 Å². The molecule has 0 unspecified atom stereocenters. The second-order valence-electron chi connectivity index (χ2n) is 4.81. The van der Waals surface area contributed by atoms with Crippen LogP contribution in [0.2, 0.25) is 5.02 Å². The molecule has 0 aliphatic rings. The van der Waals surface area contributed by atoms with Gasteiger partial charge in [0.15, 0.2) is 6.29 Å². The fourth-order valence-electron chi connectivity index (χ4n) is 2.86. The van der Waals surface area contributed by atoms with Crippen LogP contribution < -0.4 is 0 Å². The summed E-state index contributed by atoms with van der Waals surface area (Å²) < 4.78 is 2.12. The van der Waals surface area contributed by atoms with E-state index in [9.17, 15) is 4.79 Å². The number of carbonyl (C=O) groups is 1. The van der Waals surface area contributed by atoms with Gasteiger partial charge in [0.05, 0.1) is 16.6 Å². The number of aromatic nitrogens is 1. The number of fused-ring (bicyclic) bond motifs is 5. The fourth-order valence-corrected chi connectivity index (χ4v) is 3.03. The number of halogens is 1. The van der Waals surface area contributed by atoms with Crippen LogP contribution in [-0.2, 0) is 0 Å². The van der Waals surface area contributed by atoms with E-state index >= 15 is 0 Å². The molecular weight excluding hydrogens is 270 g/mol. The minimum Gasteiger partial charge on any atom is -0.309 e. The van der Waals surface area contributed by atoms with E-state index in [2.05, 4.69) is 16.5 Å². The van der Waals surface area contributed by atoms with Crippen molar-refractivity contribution in [1.82, 2.24) is 4.40 Å². The lowest BCUT2D eigenvalue weighted by atomic mass is 10.1. The maximum Gasteiger partial charge on any atom is 0.152 e. The fraction of sp³-hybridized carbons (Fsp3) is 0. The Hall–Kier alpha value is -2.32. The van der Waals surface area contributed by atoms with Crippen LogP contribution in [0, 0.1) is 0 Å². The Bertz CT molecular complexity index is 984. The number of aldehydes is 1. The lowest BCUT2D eigenvalue weighted by Crippen LogP contribution is -1.88. The molecule has 4 rings (SSSR count). The van der Waals surface area contributed by atoms with Gasteiger partial charge < -0.3 is 4.40 Å². The highest BCUT2D eigenvalue weighted by Gasteiger charge is 2.13. The molecule has 3 heteroatoms. The standard InChI is InChI=1S/C17H10ClNO/c18-12-6-8-16-13(9-12)14(10-20)17-7-5-11-3-1-2-4-15(11)19(16)17/h1-10H. The topological polar surface area (TPSA) is 21.5 Å². The summed E-state index contributed by atoms with van der Waals surface area (Å²) in [6.45, 7) is 0. The van der Waals surface area contributed by atoms with Crippen LogP contribution in [0.5, 0.6) is 0 Å². The number of carbonyl (C=O) groups excluding carboxylic acids is 1. The summed E-state index contributed by atoms with van der Waals surface area (Å²) in [5, 5.41) is 2.67. The lowest BCUT2D eigenvalue weighted by Gasteiger charge is -2.04. The largest absolute Gasteiger partial charge is 0.309 e. The molecule has 2 aromatic heterocycles. The molecule has 2 nitrogen and oxygen atoms in total. The first kappa shape index (κ1) is 11.5. The van der Waals surface area contributed by atoms with Crippen molar-refractivity contribution in [2.45, 2.75) is 0 Å². The van der Waals surface area contributed by atoms with E-state index < -0.39 is 0 Å². The Kier molecular flexibility index (Phi) is 2.35.